The van der Waals surface area contributed by atoms with Crippen molar-refractivity contribution >= 4 is 5.97 Å². The summed E-state index contributed by atoms with van der Waals surface area (Å²) in [7, 11) is 0. The molecule has 0 bridgehead atoms. The zero-order valence-corrected chi connectivity index (χ0v) is 11.9. The van der Waals surface area contributed by atoms with E-state index in [0.29, 0.717) is 6.42 Å². The summed E-state index contributed by atoms with van der Waals surface area (Å²) in [6, 6.07) is 11.7. The number of aryl methyl sites for hydroxylation is 1. The monoisotopic (exact) mass is 293 g/mol. The zero-order chi connectivity index (χ0) is 15.4. The largest absolute Gasteiger partial charge is 0.481 e. The lowest BCUT2D eigenvalue weighted by atomic mass is 10.0. The molecule has 0 saturated heterocycles. The Balaban J connectivity index is 1.77. The van der Waals surface area contributed by atoms with E-state index in [1.807, 2.05) is 48.8 Å². The van der Waals surface area contributed by atoms with Crippen molar-refractivity contribution in [2.45, 2.75) is 12.8 Å². The smallest absolute Gasteiger partial charge is 0.303 e. The summed E-state index contributed by atoms with van der Waals surface area (Å²) in [6.07, 6.45) is 7.93. The van der Waals surface area contributed by atoms with Crippen LogP contribution in [0.25, 0.3) is 16.8 Å². The van der Waals surface area contributed by atoms with E-state index in [2.05, 4.69) is 10.1 Å². The fourth-order valence-corrected chi connectivity index (χ4v) is 2.22. The molecule has 0 amide bonds. The second-order valence-electron chi connectivity index (χ2n) is 4.97. The van der Waals surface area contributed by atoms with Crippen LogP contribution in [0.5, 0.6) is 0 Å². The van der Waals surface area contributed by atoms with Crippen LogP contribution in [-0.4, -0.2) is 25.8 Å². The van der Waals surface area contributed by atoms with Crippen molar-refractivity contribution < 1.29 is 9.90 Å². The highest BCUT2D eigenvalue weighted by molar-refractivity contribution is 5.67. The summed E-state index contributed by atoms with van der Waals surface area (Å²) < 4.78 is 1.80. The molecule has 0 unspecified atom stereocenters. The highest BCUT2D eigenvalue weighted by Crippen LogP contribution is 2.21. The molecule has 2 heterocycles. The average Bonchev–Trinajstić information content (AvgIpc) is 3.04. The van der Waals surface area contributed by atoms with Crippen LogP contribution in [-0.2, 0) is 11.2 Å². The van der Waals surface area contributed by atoms with Crippen molar-refractivity contribution in [3.8, 4) is 16.8 Å². The van der Waals surface area contributed by atoms with E-state index in [1.54, 1.807) is 17.1 Å². The van der Waals surface area contributed by atoms with Crippen LogP contribution >= 0.6 is 0 Å². The van der Waals surface area contributed by atoms with Gasteiger partial charge < -0.3 is 5.11 Å². The molecule has 1 aromatic carbocycles. The van der Waals surface area contributed by atoms with Gasteiger partial charge in [0.05, 0.1) is 11.9 Å². The quantitative estimate of drug-likeness (QED) is 0.785. The van der Waals surface area contributed by atoms with E-state index >= 15 is 0 Å². The summed E-state index contributed by atoms with van der Waals surface area (Å²) in [5.41, 5.74) is 4.05. The fourth-order valence-electron chi connectivity index (χ4n) is 2.22. The summed E-state index contributed by atoms with van der Waals surface area (Å²) in [5, 5.41) is 13.1. The minimum absolute atomic E-state index is 0.152. The minimum atomic E-state index is -0.775. The molecule has 0 fully saturated rings. The summed E-state index contributed by atoms with van der Waals surface area (Å²) >= 11 is 0. The van der Waals surface area contributed by atoms with E-state index in [4.69, 9.17) is 5.11 Å². The Kier molecular flexibility index (Phi) is 3.96. The average molecular weight is 293 g/mol. The van der Waals surface area contributed by atoms with Gasteiger partial charge in [-0.1, -0.05) is 24.3 Å². The van der Waals surface area contributed by atoms with Gasteiger partial charge >= 0.3 is 5.97 Å². The molecule has 0 aliphatic rings. The first kappa shape index (κ1) is 14.0. The molecule has 0 atom stereocenters. The maximum absolute atomic E-state index is 10.6. The molecule has 1 N–H and O–H groups in total. The Morgan fingerprint density at radius 2 is 1.77 bits per heavy atom. The molecule has 110 valence electrons. The molecule has 22 heavy (non-hydrogen) atoms. The summed E-state index contributed by atoms with van der Waals surface area (Å²) in [5.74, 6) is -0.775. The number of rotatable bonds is 5. The van der Waals surface area contributed by atoms with Gasteiger partial charge in [0.1, 0.15) is 0 Å². The van der Waals surface area contributed by atoms with Crippen LogP contribution in [0.4, 0.5) is 0 Å². The van der Waals surface area contributed by atoms with Gasteiger partial charge in [0.15, 0.2) is 0 Å². The first-order valence-corrected chi connectivity index (χ1v) is 6.98. The Hall–Kier alpha value is -2.95. The molecule has 0 aliphatic heterocycles. The number of carboxylic acids is 1. The summed E-state index contributed by atoms with van der Waals surface area (Å²) in [4.78, 5) is 14.6. The minimum Gasteiger partial charge on any atom is -0.481 e. The second kappa shape index (κ2) is 6.22. The SMILES string of the molecule is O=C(O)CCc1ccc(-c2cnn(-c3ccncc3)c2)cc1. The van der Waals surface area contributed by atoms with Crippen LogP contribution < -0.4 is 0 Å². The van der Waals surface area contributed by atoms with Crippen LogP contribution in [0, 0.1) is 0 Å². The molecular weight excluding hydrogens is 278 g/mol. The number of aromatic nitrogens is 3. The molecular formula is C17H15N3O2. The highest BCUT2D eigenvalue weighted by Gasteiger charge is 2.04. The molecule has 5 nitrogen and oxygen atoms in total. The first-order valence-electron chi connectivity index (χ1n) is 6.98. The summed E-state index contributed by atoms with van der Waals surface area (Å²) in [6.45, 7) is 0. The Morgan fingerprint density at radius 3 is 2.45 bits per heavy atom. The molecule has 2 aromatic heterocycles. The molecule has 3 aromatic rings. The number of pyridine rings is 1. The molecule has 0 spiro atoms. The zero-order valence-electron chi connectivity index (χ0n) is 11.9. The molecule has 3 rings (SSSR count). The lowest BCUT2D eigenvalue weighted by molar-refractivity contribution is -0.136. The maximum Gasteiger partial charge on any atom is 0.303 e. The molecule has 0 radical (unpaired) electrons. The van der Waals surface area contributed by atoms with Gasteiger partial charge in [-0.25, -0.2) is 4.68 Å². The van der Waals surface area contributed by atoms with E-state index < -0.39 is 5.97 Å². The van der Waals surface area contributed by atoms with Gasteiger partial charge in [-0.15, -0.1) is 0 Å². The normalized spacial score (nSPS) is 10.5. The third-order valence-electron chi connectivity index (χ3n) is 3.42. The van der Waals surface area contributed by atoms with Gasteiger partial charge in [-0.3, -0.25) is 9.78 Å². The Labute approximate surface area is 127 Å². The highest BCUT2D eigenvalue weighted by atomic mass is 16.4. The predicted octanol–water partition coefficient (Wildman–Crippen LogP) is 2.95. The lowest BCUT2D eigenvalue weighted by Crippen LogP contribution is -1.97. The Morgan fingerprint density at radius 1 is 1.05 bits per heavy atom. The molecule has 0 aliphatic carbocycles. The van der Waals surface area contributed by atoms with Gasteiger partial charge in [0, 0.05) is 30.6 Å². The van der Waals surface area contributed by atoms with Crippen molar-refractivity contribution in [2.75, 3.05) is 0 Å². The van der Waals surface area contributed by atoms with Gasteiger partial charge in [0.25, 0.3) is 0 Å². The van der Waals surface area contributed by atoms with E-state index in [-0.39, 0.29) is 6.42 Å². The lowest BCUT2D eigenvalue weighted by Gasteiger charge is -2.02. The number of carboxylic acid groups (broad SMARTS) is 1. The van der Waals surface area contributed by atoms with E-state index in [9.17, 15) is 4.79 Å². The van der Waals surface area contributed by atoms with E-state index in [1.165, 1.54) is 0 Å². The third kappa shape index (κ3) is 3.20. The third-order valence-corrected chi connectivity index (χ3v) is 3.42. The van der Waals surface area contributed by atoms with Gasteiger partial charge in [0.2, 0.25) is 0 Å². The van der Waals surface area contributed by atoms with Crippen molar-refractivity contribution in [3.63, 3.8) is 0 Å². The van der Waals surface area contributed by atoms with Crippen molar-refractivity contribution in [1.29, 1.82) is 0 Å². The first-order chi connectivity index (χ1) is 10.7. The van der Waals surface area contributed by atoms with Crippen LogP contribution in [0.3, 0.4) is 0 Å². The number of hydrogen-bond acceptors (Lipinski definition) is 3. The van der Waals surface area contributed by atoms with Gasteiger partial charge in [-0.05, 0) is 29.7 Å². The number of carbonyl (C=O) groups is 1. The molecule has 0 saturated carbocycles. The van der Waals surface area contributed by atoms with Gasteiger partial charge in [-0.2, -0.15) is 5.10 Å². The second-order valence-corrected chi connectivity index (χ2v) is 4.97. The van der Waals surface area contributed by atoms with Crippen molar-refractivity contribution in [2.24, 2.45) is 0 Å². The number of nitrogens with zero attached hydrogens (tertiary/aromatic N) is 3. The number of aliphatic carboxylic acids is 1. The predicted molar refractivity (Wildman–Crippen MR) is 82.8 cm³/mol. The standard InChI is InChI=1S/C17H15N3O2/c21-17(22)6-3-13-1-4-14(5-2-13)15-11-19-20(12-15)16-7-9-18-10-8-16/h1-2,4-5,7-12H,3,6H2,(H,21,22). The maximum atomic E-state index is 10.6. The fraction of sp³-hybridized carbons (Fsp3) is 0.118. The Bertz CT molecular complexity index is 764. The van der Waals surface area contributed by atoms with Crippen LogP contribution in [0.1, 0.15) is 12.0 Å². The molecule has 5 heteroatoms. The van der Waals surface area contributed by atoms with Crippen molar-refractivity contribution in [1.82, 2.24) is 14.8 Å². The van der Waals surface area contributed by atoms with Crippen LogP contribution in [0.15, 0.2) is 61.2 Å². The topological polar surface area (TPSA) is 68.0 Å². The number of benzene rings is 1. The van der Waals surface area contributed by atoms with Crippen molar-refractivity contribution in [3.05, 3.63) is 66.7 Å². The number of hydrogen-bond donors (Lipinski definition) is 1. The van der Waals surface area contributed by atoms with Crippen LogP contribution in [0.2, 0.25) is 0 Å². The van der Waals surface area contributed by atoms with E-state index in [0.717, 1.165) is 22.4 Å².